The Bertz CT molecular complexity index is 1230. The minimum atomic E-state index is -1.74. The standard InChI is InChI=1S/C25H35N7O8/c26-8-4-3-7-17(30-22(36)15(27)9-13-12-29-16-6-2-1-5-14(13)16)23(37)31-18(11-21(34)35)24(38)32-19(25(39)40)10-20(28)33/h1-2,5-6,12,15,17-19,29H,3-4,7-11,26-27H2,(H2,28,33)(H,30,36)(H,31,37)(H,32,38)(H,34,35)(H,39,40). The Balaban J connectivity index is 2.15. The molecule has 0 saturated heterocycles. The lowest BCUT2D eigenvalue weighted by molar-refractivity contribution is -0.144. The maximum Gasteiger partial charge on any atom is 0.326 e. The van der Waals surface area contributed by atoms with Crippen molar-refractivity contribution in [1.82, 2.24) is 20.9 Å². The van der Waals surface area contributed by atoms with Crippen molar-refractivity contribution in [2.45, 2.75) is 62.7 Å². The Hall–Kier alpha value is -4.50. The fraction of sp³-hybridized carbons (Fsp3) is 0.440. The number of hydrogen-bond donors (Lipinski definition) is 9. The zero-order chi connectivity index (χ0) is 29.8. The molecule has 0 bridgehead atoms. The van der Waals surface area contributed by atoms with Gasteiger partial charge in [0.25, 0.3) is 0 Å². The highest BCUT2D eigenvalue weighted by Gasteiger charge is 2.32. The van der Waals surface area contributed by atoms with E-state index in [0.717, 1.165) is 16.5 Å². The van der Waals surface area contributed by atoms with E-state index in [2.05, 4.69) is 15.6 Å². The van der Waals surface area contributed by atoms with Gasteiger partial charge in [-0.05, 0) is 43.9 Å². The number of carboxylic acids is 2. The van der Waals surface area contributed by atoms with Crippen LogP contribution < -0.4 is 33.2 Å². The van der Waals surface area contributed by atoms with E-state index in [0.29, 0.717) is 19.4 Å². The predicted octanol–water partition coefficient (Wildman–Crippen LogP) is -1.94. The van der Waals surface area contributed by atoms with Gasteiger partial charge in [-0.15, -0.1) is 0 Å². The molecule has 15 nitrogen and oxygen atoms in total. The number of hydrogen-bond acceptors (Lipinski definition) is 8. The van der Waals surface area contributed by atoms with Gasteiger partial charge in [-0.2, -0.15) is 0 Å². The van der Waals surface area contributed by atoms with Crippen LogP contribution in [-0.2, 0) is 35.2 Å². The lowest BCUT2D eigenvalue weighted by Gasteiger charge is -2.24. The van der Waals surface area contributed by atoms with Crippen molar-refractivity contribution < 1.29 is 39.0 Å². The lowest BCUT2D eigenvalue weighted by Crippen LogP contribution is -2.57. The number of aliphatic carboxylic acids is 2. The molecular weight excluding hydrogens is 526 g/mol. The SMILES string of the molecule is NCCCCC(NC(=O)C(N)Cc1c[nH]c2ccccc12)C(=O)NC(CC(=O)O)C(=O)NC(CC(N)=O)C(=O)O. The molecule has 0 spiro atoms. The van der Waals surface area contributed by atoms with E-state index in [1.807, 2.05) is 29.6 Å². The molecule has 1 aromatic heterocycles. The third kappa shape index (κ3) is 9.67. The van der Waals surface area contributed by atoms with Crippen molar-refractivity contribution in [1.29, 1.82) is 0 Å². The molecular formula is C25H35N7O8. The summed E-state index contributed by atoms with van der Waals surface area (Å²) in [5.41, 5.74) is 18.3. The van der Waals surface area contributed by atoms with Gasteiger partial charge in [0.2, 0.25) is 23.6 Å². The van der Waals surface area contributed by atoms with Crippen LogP contribution in [0.3, 0.4) is 0 Å². The Kier molecular flexibility index (Phi) is 12.0. The van der Waals surface area contributed by atoms with Crippen LogP contribution >= 0.6 is 0 Å². The number of fused-ring (bicyclic) bond motifs is 1. The van der Waals surface area contributed by atoms with E-state index >= 15 is 0 Å². The Morgan fingerprint density at radius 3 is 2.10 bits per heavy atom. The van der Waals surface area contributed by atoms with Crippen LogP contribution in [0.4, 0.5) is 0 Å². The van der Waals surface area contributed by atoms with Gasteiger partial charge in [-0.1, -0.05) is 18.2 Å². The van der Waals surface area contributed by atoms with Crippen LogP contribution in [0.15, 0.2) is 30.5 Å². The van der Waals surface area contributed by atoms with Gasteiger partial charge in [0.1, 0.15) is 18.1 Å². The number of carbonyl (C=O) groups is 6. The van der Waals surface area contributed by atoms with Crippen LogP contribution in [-0.4, -0.2) is 81.5 Å². The number of para-hydroxylation sites is 1. The fourth-order valence-electron chi connectivity index (χ4n) is 4.00. The molecule has 218 valence electrons. The first kappa shape index (κ1) is 31.7. The summed E-state index contributed by atoms with van der Waals surface area (Å²) in [5.74, 6) is -6.75. The van der Waals surface area contributed by atoms with E-state index in [1.54, 1.807) is 6.20 Å². The zero-order valence-electron chi connectivity index (χ0n) is 21.7. The average Bonchev–Trinajstić information content (AvgIpc) is 3.29. The van der Waals surface area contributed by atoms with E-state index in [9.17, 15) is 39.0 Å². The van der Waals surface area contributed by atoms with Crippen LogP contribution in [0.25, 0.3) is 10.9 Å². The molecule has 4 unspecified atom stereocenters. The second kappa shape index (κ2) is 15.2. The van der Waals surface area contributed by atoms with Crippen molar-refractivity contribution in [3.8, 4) is 0 Å². The summed E-state index contributed by atoms with van der Waals surface area (Å²) in [4.78, 5) is 75.7. The number of aromatic nitrogens is 1. The maximum atomic E-state index is 13.1. The zero-order valence-corrected chi connectivity index (χ0v) is 21.7. The molecule has 40 heavy (non-hydrogen) atoms. The van der Waals surface area contributed by atoms with E-state index in [1.165, 1.54) is 0 Å². The molecule has 0 aliphatic heterocycles. The fourth-order valence-corrected chi connectivity index (χ4v) is 4.00. The lowest BCUT2D eigenvalue weighted by atomic mass is 10.0. The van der Waals surface area contributed by atoms with Gasteiger partial charge in [0.15, 0.2) is 0 Å². The molecule has 0 fully saturated rings. The molecule has 1 aromatic carbocycles. The predicted molar refractivity (Wildman–Crippen MR) is 142 cm³/mol. The number of carbonyl (C=O) groups excluding carboxylic acids is 4. The molecule has 0 saturated carbocycles. The second-order valence-corrected chi connectivity index (χ2v) is 9.24. The van der Waals surface area contributed by atoms with Gasteiger partial charge < -0.3 is 48.3 Å². The van der Waals surface area contributed by atoms with Gasteiger partial charge in [-0.25, -0.2) is 4.79 Å². The number of H-pyrrole nitrogens is 1. The van der Waals surface area contributed by atoms with Gasteiger partial charge in [0, 0.05) is 17.1 Å². The number of aromatic amines is 1. The first-order chi connectivity index (χ1) is 18.9. The van der Waals surface area contributed by atoms with Crippen molar-refractivity contribution in [2.75, 3.05) is 6.54 Å². The minimum Gasteiger partial charge on any atom is -0.481 e. The number of carboxylic acid groups (broad SMARTS) is 2. The molecule has 1 heterocycles. The highest BCUT2D eigenvalue weighted by Crippen LogP contribution is 2.19. The number of primary amides is 1. The molecule has 15 heteroatoms. The Morgan fingerprint density at radius 2 is 1.48 bits per heavy atom. The summed E-state index contributed by atoms with van der Waals surface area (Å²) in [5, 5.41) is 26.2. The molecule has 0 aliphatic carbocycles. The Labute approximate surface area is 229 Å². The third-order valence-corrected chi connectivity index (χ3v) is 6.06. The quantitative estimate of drug-likeness (QED) is 0.0963. The molecule has 2 rings (SSSR count). The van der Waals surface area contributed by atoms with Gasteiger partial charge in [0.05, 0.1) is 18.9 Å². The number of rotatable bonds is 17. The highest BCUT2D eigenvalue weighted by atomic mass is 16.4. The smallest absolute Gasteiger partial charge is 0.326 e. The third-order valence-electron chi connectivity index (χ3n) is 6.06. The van der Waals surface area contributed by atoms with Gasteiger partial charge in [-0.3, -0.25) is 24.0 Å². The Morgan fingerprint density at radius 1 is 0.850 bits per heavy atom. The van der Waals surface area contributed by atoms with Crippen molar-refractivity contribution in [2.24, 2.45) is 17.2 Å². The first-order valence-electron chi connectivity index (χ1n) is 12.6. The molecule has 2 aromatic rings. The highest BCUT2D eigenvalue weighted by molar-refractivity contribution is 5.96. The van der Waals surface area contributed by atoms with Crippen molar-refractivity contribution in [3.05, 3.63) is 36.0 Å². The van der Waals surface area contributed by atoms with Crippen LogP contribution in [0, 0.1) is 0 Å². The van der Waals surface area contributed by atoms with E-state index in [-0.39, 0.29) is 12.8 Å². The summed E-state index contributed by atoms with van der Waals surface area (Å²) in [6.07, 6.45) is 1.30. The average molecular weight is 562 g/mol. The largest absolute Gasteiger partial charge is 0.481 e. The van der Waals surface area contributed by atoms with Gasteiger partial charge >= 0.3 is 11.9 Å². The van der Waals surface area contributed by atoms with Crippen molar-refractivity contribution in [3.63, 3.8) is 0 Å². The number of nitrogens with one attached hydrogen (secondary N) is 4. The molecule has 12 N–H and O–H groups in total. The van der Waals surface area contributed by atoms with E-state index in [4.69, 9.17) is 17.2 Å². The van der Waals surface area contributed by atoms with Crippen molar-refractivity contribution >= 4 is 46.5 Å². The summed E-state index contributed by atoms with van der Waals surface area (Å²) in [6.45, 7) is 0.322. The number of nitrogens with two attached hydrogens (primary N) is 3. The number of benzene rings is 1. The minimum absolute atomic E-state index is 0.107. The number of unbranched alkanes of at least 4 members (excludes halogenated alkanes) is 1. The normalized spacial score (nSPS) is 13.9. The summed E-state index contributed by atoms with van der Waals surface area (Å²) >= 11 is 0. The molecule has 0 aliphatic rings. The molecule has 4 atom stereocenters. The second-order valence-electron chi connectivity index (χ2n) is 9.24. The van der Waals surface area contributed by atoms with Crippen LogP contribution in [0.5, 0.6) is 0 Å². The summed E-state index contributed by atoms with van der Waals surface area (Å²) < 4.78 is 0. The van der Waals surface area contributed by atoms with Crippen LogP contribution in [0.1, 0.15) is 37.7 Å². The topological polar surface area (TPSA) is 273 Å². The molecule has 0 radical (unpaired) electrons. The molecule has 4 amide bonds. The summed E-state index contributed by atoms with van der Waals surface area (Å²) in [7, 11) is 0. The van der Waals surface area contributed by atoms with E-state index < -0.39 is 72.6 Å². The number of amides is 4. The van der Waals surface area contributed by atoms with Crippen LogP contribution in [0.2, 0.25) is 0 Å². The first-order valence-corrected chi connectivity index (χ1v) is 12.6. The summed E-state index contributed by atoms with van der Waals surface area (Å²) in [6, 6.07) is 1.77. The monoisotopic (exact) mass is 561 g/mol. The maximum absolute atomic E-state index is 13.1.